The Hall–Kier alpha value is -1.26. The third-order valence-electron chi connectivity index (χ3n) is 2.98. The van der Waals surface area contributed by atoms with E-state index in [1.165, 1.54) is 7.11 Å². The van der Waals surface area contributed by atoms with Crippen molar-refractivity contribution in [3.8, 4) is 0 Å². The van der Waals surface area contributed by atoms with E-state index in [0.29, 0.717) is 5.92 Å². The molecule has 0 aliphatic rings. The summed E-state index contributed by atoms with van der Waals surface area (Å²) in [5, 5.41) is 5.53. The van der Waals surface area contributed by atoms with Gasteiger partial charge in [-0.2, -0.15) is 0 Å². The van der Waals surface area contributed by atoms with Crippen LogP contribution in [-0.2, 0) is 9.53 Å². The van der Waals surface area contributed by atoms with Crippen LogP contribution in [0.3, 0.4) is 0 Å². The fourth-order valence-corrected chi connectivity index (χ4v) is 1.73. The molecule has 0 fully saturated rings. The lowest BCUT2D eigenvalue weighted by atomic mass is 9.99. The topological polar surface area (TPSA) is 67.4 Å². The molecule has 0 aliphatic carbocycles. The van der Waals surface area contributed by atoms with Gasteiger partial charge < -0.3 is 15.4 Å². The molecule has 2 atom stereocenters. The summed E-state index contributed by atoms with van der Waals surface area (Å²) in [5.74, 6) is 0.217. The van der Waals surface area contributed by atoms with E-state index in [9.17, 15) is 9.59 Å². The molecular formula is C13H26N2O3. The highest BCUT2D eigenvalue weighted by Crippen LogP contribution is 2.08. The van der Waals surface area contributed by atoms with Crippen LogP contribution in [-0.4, -0.2) is 31.2 Å². The molecule has 5 heteroatoms. The van der Waals surface area contributed by atoms with Gasteiger partial charge in [-0.15, -0.1) is 0 Å². The molecule has 5 nitrogen and oxygen atoms in total. The lowest BCUT2D eigenvalue weighted by Crippen LogP contribution is -2.52. The second-order valence-electron chi connectivity index (χ2n) is 5.12. The number of ether oxygens (including phenoxy) is 1. The number of carbonyl (C=O) groups excluding carboxylic acids is 2. The molecule has 2 amide bonds. The number of hydrogen-bond acceptors (Lipinski definition) is 3. The standard InChI is InChI=1S/C13H26N2O3/c1-7-10(8(2)3)14-12(16)11(9(4)5)15-13(17)18-6/h8-11H,7H2,1-6H3,(H,14,16)(H,15,17)/t10-,11-/m0/s1. The minimum atomic E-state index is -0.582. The van der Waals surface area contributed by atoms with E-state index in [2.05, 4.69) is 29.2 Å². The van der Waals surface area contributed by atoms with E-state index >= 15 is 0 Å². The van der Waals surface area contributed by atoms with Crippen LogP contribution in [0.5, 0.6) is 0 Å². The maximum Gasteiger partial charge on any atom is 0.407 e. The average molecular weight is 258 g/mol. The van der Waals surface area contributed by atoms with Gasteiger partial charge in [-0.1, -0.05) is 34.6 Å². The predicted molar refractivity (Wildman–Crippen MR) is 71.2 cm³/mol. The zero-order valence-corrected chi connectivity index (χ0v) is 12.2. The quantitative estimate of drug-likeness (QED) is 0.765. The minimum Gasteiger partial charge on any atom is -0.453 e. The van der Waals surface area contributed by atoms with Gasteiger partial charge in [0.05, 0.1) is 7.11 Å². The second kappa shape index (κ2) is 7.95. The van der Waals surface area contributed by atoms with Crippen LogP contribution in [0.25, 0.3) is 0 Å². The zero-order valence-electron chi connectivity index (χ0n) is 12.2. The van der Waals surface area contributed by atoms with E-state index in [4.69, 9.17) is 0 Å². The Morgan fingerprint density at radius 3 is 1.94 bits per heavy atom. The Morgan fingerprint density at radius 2 is 1.61 bits per heavy atom. The van der Waals surface area contributed by atoms with Gasteiger partial charge in [-0.25, -0.2) is 4.79 Å². The normalized spacial score (nSPS) is 14.2. The second-order valence-corrected chi connectivity index (χ2v) is 5.12. The van der Waals surface area contributed by atoms with Crippen molar-refractivity contribution in [2.45, 2.75) is 53.1 Å². The number of rotatable bonds is 6. The minimum absolute atomic E-state index is 0.00812. The molecule has 0 aromatic heterocycles. The van der Waals surface area contributed by atoms with Crippen molar-refractivity contribution in [1.29, 1.82) is 0 Å². The van der Waals surface area contributed by atoms with Gasteiger partial charge in [0.25, 0.3) is 0 Å². The van der Waals surface area contributed by atoms with Gasteiger partial charge in [0.15, 0.2) is 0 Å². The molecule has 0 radical (unpaired) electrons. The summed E-state index contributed by atoms with van der Waals surface area (Å²) in [7, 11) is 1.29. The molecule has 18 heavy (non-hydrogen) atoms. The van der Waals surface area contributed by atoms with Crippen LogP contribution in [0.2, 0.25) is 0 Å². The maximum atomic E-state index is 12.1. The summed E-state index contributed by atoms with van der Waals surface area (Å²) in [6.45, 7) is 9.93. The van der Waals surface area contributed by atoms with Crippen molar-refractivity contribution < 1.29 is 14.3 Å². The Morgan fingerprint density at radius 1 is 1.06 bits per heavy atom. The molecule has 0 saturated carbocycles. The van der Waals surface area contributed by atoms with Gasteiger partial charge >= 0.3 is 6.09 Å². The summed E-state index contributed by atoms with van der Waals surface area (Å²) in [6.07, 6.45) is 0.286. The fourth-order valence-electron chi connectivity index (χ4n) is 1.73. The van der Waals surface area contributed by atoms with Crippen LogP contribution >= 0.6 is 0 Å². The Kier molecular flexibility index (Phi) is 7.39. The van der Waals surface area contributed by atoms with E-state index < -0.39 is 12.1 Å². The van der Waals surface area contributed by atoms with Gasteiger partial charge in [-0.3, -0.25) is 4.79 Å². The Bertz CT molecular complexity index is 277. The monoisotopic (exact) mass is 258 g/mol. The van der Waals surface area contributed by atoms with Crippen molar-refractivity contribution in [3.63, 3.8) is 0 Å². The molecule has 0 saturated heterocycles. The van der Waals surface area contributed by atoms with Crippen LogP contribution in [0.15, 0.2) is 0 Å². The van der Waals surface area contributed by atoms with Crippen LogP contribution in [0.4, 0.5) is 4.79 Å². The zero-order chi connectivity index (χ0) is 14.3. The SMILES string of the molecule is CC[C@H](NC(=O)[C@@H](NC(=O)OC)C(C)C)C(C)C. The van der Waals surface area contributed by atoms with Crippen molar-refractivity contribution >= 4 is 12.0 Å². The first-order valence-electron chi connectivity index (χ1n) is 6.48. The van der Waals surface area contributed by atoms with Crippen LogP contribution in [0.1, 0.15) is 41.0 Å². The molecule has 0 aliphatic heterocycles. The number of methoxy groups -OCH3 is 1. The number of amides is 2. The van der Waals surface area contributed by atoms with Gasteiger partial charge in [-0.05, 0) is 18.3 Å². The first-order chi connectivity index (χ1) is 8.33. The first-order valence-corrected chi connectivity index (χ1v) is 6.48. The van der Waals surface area contributed by atoms with E-state index in [0.717, 1.165) is 6.42 Å². The van der Waals surface area contributed by atoms with E-state index in [-0.39, 0.29) is 17.9 Å². The average Bonchev–Trinajstić information content (AvgIpc) is 2.31. The van der Waals surface area contributed by atoms with Crippen molar-refractivity contribution in [1.82, 2.24) is 10.6 Å². The lowest BCUT2D eigenvalue weighted by molar-refractivity contribution is -0.125. The molecule has 2 N–H and O–H groups in total. The van der Waals surface area contributed by atoms with E-state index in [1.54, 1.807) is 0 Å². The third kappa shape index (κ3) is 5.38. The number of nitrogens with one attached hydrogen (secondary N) is 2. The number of alkyl carbamates (subject to hydrolysis) is 1. The smallest absolute Gasteiger partial charge is 0.407 e. The number of hydrogen-bond donors (Lipinski definition) is 2. The highest BCUT2D eigenvalue weighted by atomic mass is 16.5. The fraction of sp³-hybridized carbons (Fsp3) is 0.846. The Balaban J connectivity index is 4.61. The van der Waals surface area contributed by atoms with Crippen molar-refractivity contribution in [2.75, 3.05) is 7.11 Å². The van der Waals surface area contributed by atoms with Gasteiger partial charge in [0.1, 0.15) is 6.04 Å². The van der Waals surface area contributed by atoms with Gasteiger partial charge in [0, 0.05) is 6.04 Å². The molecule has 106 valence electrons. The number of carbonyl (C=O) groups is 2. The lowest BCUT2D eigenvalue weighted by Gasteiger charge is -2.26. The molecule has 0 spiro atoms. The third-order valence-corrected chi connectivity index (χ3v) is 2.98. The molecule has 0 bridgehead atoms. The van der Waals surface area contributed by atoms with Crippen molar-refractivity contribution in [2.24, 2.45) is 11.8 Å². The highest BCUT2D eigenvalue weighted by molar-refractivity contribution is 5.86. The largest absolute Gasteiger partial charge is 0.453 e. The predicted octanol–water partition coefficient (Wildman–Crippen LogP) is 1.92. The Labute approximate surface area is 110 Å². The highest BCUT2D eigenvalue weighted by Gasteiger charge is 2.26. The summed E-state index contributed by atoms with van der Waals surface area (Å²) < 4.78 is 4.53. The molecule has 0 heterocycles. The molecule has 0 aromatic carbocycles. The molecule has 0 rings (SSSR count). The van der Waals surface area contributed by atoms with Crippen molar-refractivity contribution in [3.05, 3.63) is 0 Å². The van der Waals surface area contributed by atoms with Gasteiger partial charge in [0.2, 0.25) is 5.91 Å². The summed E-state index contributed by atoms with van der Waals surface area (Å²) in [5.41, 5.74) is 0. The van der Waals surface area contributed by atoms with Crippen LogP contribution in [0, 0.1) is 11.8 Å². The maximum absolute atomic E-state index is 12.1. The summed E-state index contributed by atoms with van der Waals surface area (Å²) in [6, 6.07) is -0.441. The van der Waals surface area contributed by atoms with E-state index in [1.807, 2.05) is 20.8 Å². The summed E-state index contributed by atoms with van der Waals surface area (Å²) in [4.78, 5) is 23.3. The molecular weight excluding hydrogens is 232 g/mol. The molecule has 0 aromatic rings. The summed E-state index contributed by atoms with van der Waals surface area (Å²) >= 11 is 0. The van der Waals surface area contributed by atoms with Crippen LogP contribution < -0.4 is 10.6 Å². The molecule has 0 unspecified atom stereocenters. The first kappa shape index (κ1) is 16.7.